The second kappa shape index (κ2) is 5.02. The van der Waals surface area contributed by atoms with Crippen LogP contribution in [0.25, 0.3) is 0 Å². The van der Waals surface area contributed by atoms with Gasteiger partial charge in [0.05, 0.1) is 0 Å². The number of para-hydroxylation sites is 1. The number of ether oxygens (including phenoxy) is 1. The van der Waals surface area contributed by atoms with Gasteiger partial charge in [-0.05, 0) is 31.5 Å². The quantitative estimate of drug-likeness (QED) is 0.910. The van der Waals surface area contributed by atoms with Crippen LogP contribution in [-0.2, 0) is 13.0 Å². The van der Waals surface area contributed by atoms with E-state index >= 15 is 0 Å². The van der Waals surface area contributed by atoms with Gasteiger partial charge in [-0.2, -0.15) is 0 Å². The Bertz CT molecular complexity index is 682. The molecule has 1 heterocycles. The number of benzene rings is 2. The Hall–Kier alpha value is -2.10. The first-order chi connectivity index (χ1) is 9.94. The van der Waals surface area contributed by atoms with Crippen LogP contribution in [0.15, 0.2) is 36.4 Å². The summed E-state index contributed by atoms with van der Waals surface area (Å²) < 4.78 is 32.1. The maximum absolute atomic E-state index is 13.2. The van der Waals surface area contributed by atoms with E-state index in [9.17, 15) is 8.78 Å². The fraction of sp³-hybridized carbons (Fsp3) is 0.294. The maximum Gasteiger partial charge on any atom is 0.160 e. The van der Waals surface area contributed by atoms with Gasteiger partial charge in [0.15, 0.2) is 11.6 Å². The summed E-state index contributed by atoms with van der Waals surface area (Å²) in [5, 5.41) is 3.10. The van der Waals surface area contributed by atoms with Crippen LogP contribution in [0.2, 0.25) is 0 Å². The average molecular weight is 289 g/mol. The molecule has 0 aromatic heterocycles. The molecule has 0 spiro atoms. The molecule has 0 saturated carbocycles. The molecule has 2 aromatic carbocycles. The van der Waals surface area contributed by atoms with Crippen molar-refractivity contribution in [2.45, 2.75) is 32.4 Å². The van der Waals surface area contributed by atoms with E-state index in [2.05, 4.69) is 25.2 Å². The summed E-state index contributed by atoms with van der Waals surface area (Å²) in [6.45, 7) is 4.61. The summed E-state index contributed by atoms with van der Waals surface area (Å²) in [5.41, 5.74) is 2.55. The smallest absolute Gasteiger partial charge is 0.160 e. The second-order valence-electron chi connectivity index (χ2n) is 5.93. The van der Waals surface area contributed by atoms with E-state index in [1.54, 1.807) is 0 Å². The van der Waals surface area contributed by atoms with Crippen LogP contribution in [-0.4, -0.2) is 5.60 Å². The number of nitrogens with one attached hydrogen (secondary N) is 1. The molecule has 1 aliphatic rings. The summed E-state index contributed by atoms with van der Waals surface area (Å²) in [6.07, 6.45) is 0.876. The SMILES string of the molecule is CC1(C)Cc2cccc(CNc3ccc(F)c(F)c3)c2O1. The average Bonchev–Trinajstić information content (AvgIpc) is 2.74. The lowest BCUT2D eigenvalue weighted by atomic mass is 10.0. The van der Waals surface area contributed by atoms with E-state index in [0.717, 1.165) is 29.9 Å². The molecule has 0 bridgehead atoms. The Morgan fingerprint density at radius 1 is 1.14 bits per heavy atom. The highest BCUT2D eigenvalue weighted by Crippen LogP contribution is 2.37. The Kier molecular flexibility index (Phi) is 3.32. The van der Waals surface area contributed by atoms with Gasteiger partial charge in [0, 0.05) is 30.3 Å². The monoisotopic (exact) mass is 289 g/mol. The van der Waals surface area contributed by atoms with Gasteiger partial charge in [-0.25, -0.2) is 8.78 Å². The molecular formula is C17H17F2NO. The highest BCUT2D eigenvalue weighted by Gasteiger charge is 2.31. The minimum Gasteiger partial charge on any atom is -0.487 e. The molecular weight excluding hydrogens is 272 g/mol. The van der Waals surface area contributed by atoms with Gasteiger partial charge in [-0.15, -0.1) is 0 Å². The van der Waals surface area contributed by atoms with Crippen molar-refractivity contribution in [1.29, 1.82) is 0 Å². The van der Waals surface area contributed by atoms with Crippen LogP contribution in [0, 0.1) is 11.6 Å². The number of halogens is 2. The minimum atomic E-state index is -0.851. The van der Waals surface area contributed by atoms with Crippen LogP contribution in [0.3, 0.4) is 0 Å². The third-order valence-corrected chi connectivity index (χ3v) is 3.58. The first kappa shape index (κ1) is 13.9. The second-order valence-corrected chi connectivity index (χ2v) is 5.93. The van der Waals surface area contributed by atoms with Crippen LogP contribution < -0.4 is 10.1 Å². The lowest BCUT2D eigenvalue weighted by Gasteiger charge is -2.18. The summed E-state index contributed by atoms with van der Waals surface area (Å²) in [6, 6.07) is 9.83. The van der Waals surface area contributed by atoms with Gasteiger partial charge in [0.1, 0.15) is 11.4 Å². The third kappa shape index (κ3) is 2.84. The molecule has 0 atom stereocenters. The van der Waals surface area contributed by atoms with Crippen molar-refractivity contribution in [3.05, 3.63) is 59.2 Å². The van der Waals surface area contributed by atoms with Crippen molar-refractivity contribution in [2.24, 2.45) is 0 Å². The van der Waals surface area contributed by atoms with Gasteiger partial charge in [0.2, 0.25) is 0 Å². The zero-order valence-corrected chi connectivity index (χ0v) is 12.0. The first-order valence-corrected chi connectivity index (χ1v) is 6.93. The molecule has 4 heteroatoms. The van der Waals surface area contributed by atoms with Gasteiger partial charge in [-0.1, -0.05) is 18.2 Å². The number of hydrogen-bond acceptors (Lipinski definition) is 2. The van der Waals surface area contributed by atoms with E-state index in [0.29, 0.717) is 12.2 Å². The molecule has 0 amide bonds. The maximum atomic E-state index is 13.2. The molecule has 0 aliphatic carbocycles. The fourth-order valence-corrected chi connectivity index (χ4v) is 2.62. The molecule has 21 heavy (non-hydrogen) atoms. The van der Waals surface area contributed by atoms with E-state index < -0.39 is 11.6 Å². The van der Waals surface area contributed by atoms with Crippen molar-refractivity contribution in [1.82, 2.24) is 0 Å². The molecule has 3 rings (SSSR count). The molecule has 2 nitrogen and oxygen atoms in total. The van der Waals surface area contributed by atoms with E-state index in [4.69, 9.17) is 4.74 Å². The predicted octanol–water partition coefficient (Wildman–Crippen LogP) is 4.29. The molecule has 0 saturated heterocycles. The number of hydrogen-bond donors (Lipinski definition) is 1. The minimum absolute atomic E-state index is 0.194. The van der Waals surface area contributed by atoms with Gasteiger partial charge < -0.3 is 10.1 Å². The van der Waals surface area contributed by atoms with Gasteiger partial charge >= 0.3 is 0 Å². The van der Waals surface area contributed by atoms with Gasteiger partial charge in [0.25, 0.3) is 0 Å². The van der Waals surface area contributed by atoms with Crippen LogP contribution >= 0.6 is 0 Å². The highest BCUT2D eigenvalue weighted by atomic mass is 19.2. The zero-order chi connectivity index (χ0) is 15.0. The van der Waals surface area contributed by atoms with Crippen molar-refractivity contribution < 1.29 is 13.5 Å². The highest BCUT2D eigenvalue weighted by molar-refractivity contribution is 5.49. The number of fused-ring (bicyclic) bond motifs is 1. The molecule has 1 aliphatic heterocycles. The van der Waals surface area contributed by atoms with E-state index in [1.807, 2.05) is 12.1 Å². The fourth-order valence-electron chi connectivity index (χ4n) is 2.62. The lowest BCUT2D eigenvalue weighted by molar-refractivity contribution is 0.137. The first-order valence-electron chi connectivity index (χ1n) is 6.93. The molecule has 110 valence electrons. The van der Waals surface area contributed by atoms with Crippen LogP contribution in [0.4, 0.5) is 14.5 Å². The summed E-state index contributed by atoms with van der Waals surface area (Å²) in [5.74, 6) is -0.792. The molecule has 0 unspecified atom stereocenters. The predicted molar refractivity (Wildman–Crippen MR) is 78.5 cm³/mol. The van der Waals surface area contributed by atoms with Crippen molar-refractivity contribution in [3.8, 4) is 5.75 Å². The zero-order valence-electron chi connectivity index (χ0n) is 12.0. The summed E-state index contributed by atoms with van der Waals surface area (Å²) in [4.78, 5) is 0. The molecule has 2 aromatic rings. The van der Waals surface area contributed by atoms with Crippen LogP contribution in [0.1, 0.15) is 25.0 Å². The van der Waals surface area contributed by atoms with Gasteiger partial charge in [-0.3, -0.25) is 0 Å². The molecule has 1 N–H and O–H groups in total. The van der Waals surface area contributed by atoms with E-state index in [1.165, 1.54) is 11.6 Å². The van der Waals surface area contributed by atoms with E-state index in [-0.39, 0.29) is 5.60 Å². The normalized spacial score (nSPS) is 15.4. The summed E-state index contributed by atoms with van der Waals surface area (Å²) >= 11 is 0. The lowest BCUT2D eigenvalue weighted by Crippen LogP contribution is -2.25. The Labute approximate surface area is 122 Å². The van der Waals surface area contributed by atoms with Crippen LogP contribution in [0.5, 0.6) is 5.75 Å². The topological polar surface area (TPSA) is 21.3 Å². The van der Waals surface area contributed by atoms with Crippen molar-refractivity contribution in [2.75, 3.05) is 5.32 Å². The van der Waals surface area contributed by atoms with Crippen molar-refractivity contribution in [3.63, 3.8) is 0 Å². The Morgan fingerprint density at radius 3 is 2.71 bits per heavy atom. The molecule has 0 radical (unpaired) electrons. The Morgan fingerprint density at radius 2 is 1.95 bits per heavy atom. The number of anilines is 1. The van der Waals surface area contributed by atoms with Crippen molar-refractivity contribution >= 4 is 5.69 Å². The number of rotatable bonds is 3. The summed E-state index contributed by atoms with van der Waals surface area (Å²) in [7, 11) is 0. The largest absolute Gasteiger partial charge is 0.487 e. The third-order valence-electron chi connectivity index (χ3n) is 3.58. The Balaban J connectivity index is 1.78. The molecule has 0 fully saturated rings. The standard InChI is InChI=1S/C17H17F2NO/c1-17(2)9-11-4-3-5-12(16(11)21-17)10-20-13-6-7-14(18)15(19)8-13/h3-8,20H,9-10H2,1-2H3.